The third-order valence-electron chi connectivity index (χ3n) is 6.56. The predicted molar refractivity (Wildman–Crippen MR) is 151 cm³/mol. The monoisotopic (exact) mass is 528 g/mol. The molecule has 0 saturated heterocycles. The van der Waals surface area contributed by atoms with Crippen LogP contribution in [-0.2, 0) is 22.6 Å². The molecule has 2 amide bonds. The van der Waals surface area contributed by atoms with Gasteiger partial charge >= 0.3 is 6.09 Å². The summed E-state index contributed by atoms with van der Waals surface area (Å²) in [6, 6.07) is 27.1. The third kappa shape index (κ3) is 8.19. The zero-order chi connectivity index (χ0) is 27.6. The van der Waals surface area contributed by atoms with Gasteiger partial charge in [0, 0.05) is 5.39 Å². The topological polar surface area (TPSA) is 101 Å². The maximum absolute atomic E-state index is 13.5. The zero-order valence-electron chi connectivity index (χ0n) is 22.4. The van der Waals surface area contributed by atoms with Gasteiger partial charge in [-0.05, 0) is 48.4 Å². The Bertz CT molecular complexity index is 1300. The molecule has 1 heterocycles. The molecule has 4 rings (SSSR count). The fraction of sp³-hybridized carbons (Fsp3) is 0.312. The minimum absolute atomic E-state index is 0.104. The number of para-hydroxylation sites is 1. The lowest BCUT2D eigenvalue weighted by Gasteiger charge is -2.27. The van der Waals surface area contributed by atoms with Crippen molar-refractivity contribution in [3.05, 3.63) is 108 Å². The minimum Gasteiger partial charge on any atom is -0.458 e. The molecule has 0 aliphatic carbocycles. The highest BCUT2D eigenvalue weighted by molar-refractivity contribution is 5.86. The number of hydrogen-bond acceptors (Lipinski definition) is 5. The van der Waals surface area contributed by atoms with Gasteiger partial charge in [-0.3, -0.25) is 4.79 Å². The van der Waals surface area contributed by atoms with E-state index in [1.807, 2.05) is 98.8 Å². The van der Waals surface area contributed by atoms with Crippen LogP contribution in [0.3, 0.4) is 0 Å². The van der Waals surface area contributed by atoms with Gasteiger partial charge in [-0.25, -0.2) is 4.79 Å². The van der Waals surface area contributed by atoms with E-state index in [0.717, 1.165) is 16.5 Å². The second-order valence-corrected chi connectivity index (χ2v) is 10.2. The number of nitrogens with one attached hydrogen (secondary N) is 2. The minimum atomic E-state index is -1.07. The summed E-state index contributed by atoms with van der Waals surface area (Å²) in [5.74, 6) is 0.136. The molecule has 3 aromatic carbocycles. The van der Waals surface area contributed by atoms with Crippen LogP contribution in [-0.4, -0.2) is 29.2 Å². The molecule has 39 heavy (non-hydrogen) atoms. The lowest BCUT2D eigenvalue weighted by Crippen LogP contribution is -2.51. The van der Waals surface area contributed by atoms with Crippen LogP contribution in [0, 0.1) is 5.92 Å². The van der Waals surface area contributed by atoms with Gasteiger partial charge in [0.2, 0.25) is 5.91 Å². The quantitative estimate of drug-likeness (QED) is 0.212. The largest absolute Gasteiger partial charge is 0.458 e. The number of aliphatic hydroxyl groups excluding tert-OH is 1. The van der Waals surface area contributed by atoms with Gasteiger partial charge in [0.25, 0.3) is 0 Å². The van der Waals surface area contributed by atoms with Crippen molar-refractivity contribution in [1.29, 1.82) is 0 Å². The average Bonchev–Trinajstić information content (AvgIpc) is 3.39. The van der Waals surface area contributed by atoms with Crippen molar-refractivity contribution in [1.82, 2.24) is 10.6 Å². The Morgan fingerprint density at radius 2 is 1.51 bits per heavy atom. The Balaban J connectivity index is 1.47. The summed E-state index contributed by atoms with van der Waals surface area (Å²) in [4.78, 5) is 26.1. The normalized spacial score (nSPS) is 13.5. The van der Waals surface area contributed by atoms with Crippen molar-refractivity contribution >= 4 is 23.0 Å². The lowest BCUT2D eigenvalue weighted by atomic mass is 9.98. The maximum atomic E-state index is 13.5. The number of alkyl carbamates (subject to hydrolysis) is 1. The van der Waals surface area contributed by atoms with E-state index in [-0.39, 0.29) is 18.4 Å². The van der Waals surface area contributed by atoms with E-state index in [9.17, 15) is 14.7 Å². The molecule has 0 spiro atoms. The van der Waals surface area contributed by atoms with Crippen molar-refractivity contribution in [3.8, 4) is 0 Å². The highest BCUT2D eigenvalue weighted by Crippen LogP contribution is 2.27. The van der Waals surface area contributed by atoms with Crippen LogP contribution in [0.2, 0.25) is 0 Å². The number of ether oxygens (including phenoxy) is 1. The van der Waals surface area contributed by atoms with E-state index in [0.29, 0.717) is 30.6 Å². The van der Waals surface area contributed by atoms with Gasteiger partial charge in [0.05, 0.1) is 6.04 Å². The van der Waals surface area contributed by atoms with Crippen molar-refractivity contribution in [2.75, 3.05) is 0 Å². The van der Waals surface area contributed by atoms with E-state index < -0.39 is 24.3 Å². The molecule has 0 aliphatic heterocycles. The molecule has 3 atom stereocenters. The van der Waals surface area contributed by atoms with E-state index >= 15 is 0 Å². The summed E-state index contributed by atoms with van der Waals surface area (Å²) < 4.78 is 11.3. The van der Waals surface area contributed by atoms with Crippen LogP contribution in [0.5, 0.6) is 0 Å². The van der Waals surface area contributed by atoms with Gasteiger partial charge in [-0.1, -0.05) is 92.7 Å². The number of carbonyl (C=O) groups is 2. The number of amides is 2. The van der Waals surface area contributed by atoms with E-state index in [1.54, 1.807) is 6.07 Å². The lowest BCUT2D eigenvalue weighted by molar-refractivity contribution is -0.125. The summed E-state index contributed by atoms with van der Waals surface area (Å²) in [6.07, 6.45) is -0.211. The Morgan fingerprint density at radius 1 is 0.872 bits per heavy atom. The highest BCUT2D eigenvalue weighted by atomic mass is 16.5. The van der Waals surface area contributed by atoms with Crippen LogP contribution in [0.4, 0.5) is 4.79 Å². The van der Waals surface area contributed by atoms with E-state index in [1.165, 1.54) is 0 Å². The number of aryl methyl sites for hydroxylation is 1. The first-order valence-corrected chi connectivity index (χ1v) is 13.4. The van der Waals surface area contributed by atoms with Crippen molar-refractivity contribution in [2.24, 2.45) is 5.92 Å². The maximum Gasteiger partial charge on any atom is 0.408 e. The van der Waals surface area contributed by atoms with Crippen molar-refractivity contribution in [2.45, 2.75) is 57.9 Å². The molecule has 4 aromatic rings. The van der Waals surface area contributed by atoms with Crippen molar-refractivity contribution in [3.63, 3.8) is 0 Å². The number of furan rings is 1. The molecule has 0 saturated carbocycles. The fourth-order valence-corrected chi connectivity index (χ4v) is 4.52. The number of aliphatic hydroxyl groups is 1. The molecule has 7 nitrogen and oxygen atoms in total. The van der Waals surface area contributed by atoms with E-state index in [2.05, 4.69) is 10.6 Å². The molecular weight excluding hydrogens is 492 g/mol. The molecule has 0 fully saturated rings. The van der Waals surface area contributed by atoms with Crippen molar-refractivity contribution < 1.29 is 23.8 Å². The first-order chi connectivity index (χ1) is 18.9. The predicted octanol–water partition coefficient (Wildman–Crippen LogP) is 5.92. The molecule has 1 unspecified atom stereocenters. The second kappa shape index (κ2) is 13.6. The first-order valence-electron chi connectivity index (χ1n) is 13.4. The zero-order valence-corrected chi connectivity index (χ0v) is 22.4. The standard InChI is InChI=1S/C32H36N2O5/c1-22(2)19-27(34-32(37)38-21-24-13-7-4-8-14-24)31(36)33-26(18-17-23-11-5-3-6-12-23)30(35)29-20-25-15-9-10-16-28(25)39-29/h3-16,20,22,26-27,30,35H,17-19,21H2,1-2H3,(H,33,36)(H,34,37)/t26-,27-,30?/m0/s1. The van der Waals surface area contributed by atoms with Crippen LogP contribution in [0.15, 0.2) is 95.4 Å². The van der Waals surface area contributed by atoms with Gasteiger partial charge in [-0.15, -0.1) is 0 Å². The second-order valence-electron chi connectivity index (χ2n) is 10.2. The first kappa shape index (κ1) is 27.9. The number of carbonyl (C=O) groups excluding carboxylic acids is 2. The Labute approximate surface area is 229 Å². The average molecular weight is 529 g/mol. The number of fused-ring (bicyclic) bond motifs is 1. The Hall–Kier alpha value is -4.10. The smallest absolute Gasteiger partial charge is 0.408 e. The van der Waals surface area contributed by atoms with Crippen LogP contribution < -0.4 is 10.6 Å². The molecule has 0 radical (unpaired) electrons. The van der Waals surface area contributed by atoms with Gasteiger partial charge in [-0.2, -0.15) is 0 Å². The van der Waals surface area contributed by atoms with E-state index in [4.69, 9.17) is 9.15 Å². The summed E-state index contributed by atoms with van der Waals surface area (Å²) in [5, 5.41) is 17.9. The Morgan fingerprint density at radius 3 is 2.18 bits per heavy atom. The molecule has 7 heteroatoms. The van der Waals surface area contributed by atoms with Gasteiger partial charge < -0.3 is 24.9 Å². The number of hydrogen-bond donors (Lipinski definition) is 3. The number of benzene rings is 3. The molecule has 0 aliphatic rings. The molecule has 0 bridgehead atoms. The summed E-state index contributed by atoms with van der Waals surface area (Å²) in [6.45, 7) is 4.06. The number of rotatable bonds is 12. The SMILES string of the molecule is CC(C)C[C@H](NC(=O)OCc1ccccc1)C(=O)N[C@@H](CCc1ccccc1)C(O)c1cc2ccccc2o1. The van der Waals surface area contributed by atoms with Crippen LogP contribution in [0.25, 0.3) is 11.0 Å². The highest BCUT2D eigenvalue weighted by Gasteiger charge is 2.30. The van der Waals surface area contributed by atoms with Crippen LogP contribution >= 0.6 is 0 Å². The molecule has 3 N–H and O–H groups in total. The molecule has 204 valence electrons. The summed E-state index contributed by atoms with van der Waals surface area (Å²) in [5.41, 5.74) is 2.61. The van der Waals surface area contributed by atoms with Gasteiger partial charge in [0.15, 0.2) is 0 Å². The molecular formula is C32H36N2O5. The van der Waals surface area contributed by atoms with Gasteiger partial charge in [0.1, 0.15) is 30.1 Å². The third-order valence-corrected chi connectivity index (χ3v) is 6.56. The summed E-state index contributed by atoms with van der Waals surface area (Å²) >= 11 is 0. The summed E-state index contributed by atoms with van der Waals surface area (Å²) in [7, 11) is 0. The fourth-order valence-electron chi connectivity index (χ4n) is 4.52. The Kier molecular flexibility index (Phi) is 9.75. The van der Waals surface area contributed by atoms with Crippen LogP contribution in [0.1, 0.15) is 49.7 Å². The molecule has 1 aromatic heterocycles.